The maximum Gasteiger partial charge on any atom is 0.0999 e. The van der Waals surface area contributed by atoms with Crippen molar-refractivity contribution in [2.75, 3.05) is 0 Å². The molecule has 1 aromatic heterocycles. The molecule has 0 atom stereocenters. The number of aromatic nitrogens is 1. The fourth-order valence-corrected chi connectivity index (χ4v) is 0.964. The van der Waals surface area contributed by atoms with Crippen LogP contribution in [-0.4, -0.2) is 4.98 Å². The topological polar surface area (TPSA) is 36.7 Å². The lowest BCUT2D eigenvalue weighted by atomic mass is 10.1. The second-order valence-corrected chi connectivity index (χ2v) is 2.18. The average Bonchev–Trinajstić information content (AvgIpc) is 2.16. The van der Waals surface area contributed by atoms with Crippen molar-refractivity contribution in [2.24, 2.45) is 0 Å². The molecule has 0 N–H and O–H groups in total. The maximum atomic E-state index is 8.71. The minimum Gasteiger partial charge on any atom is -0.256 e. The van der Waals surface area contributed by atoms with Crippen molar-refractivity contribution in [3.05, 3.63) is 42.2 Å². The van der Waals surface area contributed by atoms with Gasteiger partial charge in [-0.25, -0.2) is 0 Å². The van der Waals surface area contributed by atoms with E-state index in [9.17, 15) is 0 Å². The Morgan fingerprint density at radius 2 is 2.17 bits per heavy atom. The summed E-state index contributed by atoms with van der Waals surface area (Å²) in [6.07, 6.45) is 4.81. The summed E-state index contributed by atoms with van der Waals surface area (Å²) < 4.78 is 0. The van der Waals surface area contributed by atoms with Crippen molar-refractivity contribution in [3.8, 4) is 6.07 Å². The van der Waals surface area contributed by atoms with Gasteiger partial charge in [0.1, 0.15) is 0 Å². The van der Waals surface area contributed by atoms with Gasteiger partial charge in [0.25, 0.3) is 0 Å². The lowest BCUT2D eigenvalue weighted by Crippen LogP contribution is -1.89. The molecule has 58 valence electrons. The summed E-state index contributed by atoms with van der Waals surface area (Å²) in [5.41, 5.74) is 2.02. The zero-order valence-electron chi connectivity index (χ0n) is 6.62. The number of hydrogen-bond acceptors (Lipinski definition) is 2. The molecular weight excluding hydrogens is 148 g/mol. The monoisotopic (exact) mass is 156 g/mol. The van der Waals surface area contributed by atoms with E-state index in [-0.39, 0.29) is 0 Å². The first kappa shape index (κ1) is 8.22. The van der Waals surface area contributed by atoms with E-state index >= 15 is 0 Å². The molecule has 0 amide bonds. The summed E-state index contributed by atoms with van der Waals surface area (Å²) in [6.45, 7) is 7.20. The van der Waals surface area contributed by atoms with E-state index in [0.29, 0.717) is 11.3 Å². The van der Waals surface area contributed by atoms with Crippen LogP contribution < -0.4 is 0 Å². The molecule has 0 spiro atoms. The molecule has 1 aromatic rings. The molecule has 0 unspecified atom stereocenters. The molecule has 12 heavy (non-hydrogen) atoms. The molecule has 0 aliphatic carbocycles. The Labute approximate surface area is 71.5 Å². The Balaban J connectivity index is 3.44. The van der Waals surface area contributed by atoms with Crippen molar-refractivity contribution in [3.63, 3.8) is 0 Å². The van der Waals surface area contributed by atoms with Crippen LogP contribution in [-0.2, 0) is 0 Å². The third kappa shape index (κ3) is 1.25. The molecule has 0 fully saturated rings. The highest BCUT2D eigenvalue weighted by molar-refractivity contribution is 5.65. The Bertz CT molecular complexity index is 359. The highest BCUT2D eigenvalue weighted by Gasteiger charge is 2.01. The zero-order valence-corrected chi connectivity index (χ0v) is 6.62. The Morgan fingerprint density at radius 1 is 1.42 bits per heavy atom. The summed E-state index contributed by atoms with van der Waals surface area (Å²) in [5, 5.41) is 8.71. The maximum absolute atomic E-state index is 8.71. The van der Waals surface area contributed by atoms with E-state index in [0.717, 1.165) is 5.56 Å². The van der Waals surface area contributed by atoms with Crippen LogP contribution in [0.5, 0.6) is 0 Å². The molecule has 2 nitrogen and oxygen atoms in total. The van der Waals surface area contributed by atoms with E-state index < -0.39 is 0 Å². The number of hydrogen-bond donors (Lipinski definition) is 0. The second kappa shape index (κ2) is 3.49. The van der Waals surface area contributed by atoms with E-state index in [1.54, 1.807) is 24.4 Å². The van der Waals surface area contributed by atoms with Gasteiger partial charge in [0, 0.05) is 11.8 Å². The molecule has 1 heterocycles. The molecule has 2 heteroatoms. The van der Waals surface area contributed by atoms with Gasteiger partial charge < -0.3 is 0 Å². The number of nitriles is 1. The Hall–Kier alpha value is -1.88. The van der Waals surface area contributed by atoms with Crippen molar-refractivity contribution >= 4 is 12.2 Å². The second-order valence-electron chi connectivity index (χ2n) is 2.18. The van der Waals surface area contributed by atoms with Crippen molar-refractivity contribution in [1.29, 1.82) is 5.26 Å². The van der Waals surface area contributed by atoms with Gasteiger partial charge in [-0.15, -0.1) is 0 Å². The number of nitrogens with zero attached hydrogens (tertiary/aromatic N) is 2. The van der Waals surface area contributed by atoms with Crippen LogP contribution in [0.25, 0.3) is 12.2 Å². The molecule has 0 aliphatic heterocycles. The molecule has 0 aliphatic rings. The third-order valence-electron chi connectivity index (χ3n) is 1.54. The van der Waals surface area contributed by atoms with Gasteiger partial charge in [-0.05, 0) is 12.1 Å². The summed E-state index contributed by atoms with van der Waals surface area (Å²) in [5.74, 6) is 0. The van der Waals surface area contributed by atoms with Crippen LogP contribution in [0.2, 0.25) is 0 Å². The largest absolute Gasteiger partial charge is 0.256 e. The third-order valence-corrected chi connectivity index (χ3v) is 1.54. The lowest BCUT2D eigenvalue weighted by molar-refractivity contribution is 1.27. The smallest absolute Gasteiger partial charge is 0.0999 e. The Kier molecular flexibility index (Phi) is 2.39. The van der Waals surface area contributed by atoms with Crippen LogP contribution in [0.3, 0.4) is 0 Å². The SMILES string of the molecule is C=Cc1nccc(C#N)c1C=C. The van der Waals surface area contributed by atoms with Crippen LogP contribution in [0.1, 0.15) is 16.8 Å². The normalized spacial score (nSPS) is 8.58. The minimum absolute atomic E-state index is 0.579. The molecule has 0 saturated carbocycles. The van der Waals surface area contributed by atoms with Crippen LogP contribution in [0.4, 0.5) is 0 Å². The van der Waals surface area contributed by atoms with Gasteiger partial charge in [0.05, 0.1) is 17.3 Å². The summed E-state index contributed by atoms with van der Waals surface area (Å²) in [7, 11) is 0. The van der Waals surface area contributed by atoms with Gasteiger partial charge in [-0.2, -0.15) is 5.26 Å². The zero-order chi connectivity index (χ0) is 8.97. The molecule has 0 aromatic carbocycles. The van der Waals surface area contributed by atoms with Gasteiger partial charge in [-0.3, -0.25) is 4.98 Å². The van der Waals surface area contributed by atoms with Crippen molar-refractivity contribution in [1.82, 2.24) is 4.98 Å². The van der Waals surface area contributed by atoms with Crippen molar-refractivity contribution in [2.45, 2.75) is 0 Å². The summed E-state index contributed by atoms with van der Waals surface area (Å²) >= 11 is 0. The van der Waals surface area contributed by atoms with E-state index in [4.69, 9.17) is 5.26 Å². The molecule has 0 radical (unpaired) electrons. The average molecular weight is 156 g/mol. The van der Waals surface area contributed by atoms with Gasteiger partial charge >= 0.3 is 0 Å². The van der Waals surface area contributed by atoms with E-state index in [1.807, 2.05) is 0 Å². The van der Waals surface area contributed by atoms with Crippen LogP contribution in [0, 0.1) is 11.3 Å². The first-order valence-electron chi connectivity index (χ1n) is 3.47. The minimum atomic E-state index is 0.579. The predicted molar refractivity (Wildman–Crippen MR) is 49.1 cm³/mol. The van der Waals surface area contributed by atoms with E-state index in [1.165, 1.54) is 0 Å². The quantitative estimate of drug-likeness (QED) is 0.658. The molecule has 0 bridgehead atoms. The van der Waals surface area contributed by atoms with Gasteiger partial charge in [-0.1, -0.05) is 19.2 Å². The van der Waals surface area contributed by atoms with Gasteiger partial charge in [0.15, 0.2) is 0 Å². The number of rotatable bonds is 2. The lowest BCUT2D eigenvalue weighted by Gasteiger charge is -1.99. The first-order chi connectivity index (χ1) is 5.83. The fraction of sp³-hybridized carbons (Fsp3) is 0. The highest BCUT2D eigenvalue weighted by Crippen LogP contribution is 2.13. The molecule has 1 rings (SSSR count). The van der Waals surface area contributed by atoms with E-state index in [2.05, 4.69) is 24.2 Å². The Morgan fingerprint density at radius 3 is 2.67 bits per heavy atom. The molecule has 0 saturated heterocycles. The summed E-state index contributed by atoms with van der Waals surface area (Å²) in [4.78, 5) is 4.04. The predicted octanol–water partition coefficient (Wildman–Crippen LogP) is 2.24. The standard InChI is InChI=1S/C10H8N2/c1-3-9-8(7-11)5-6-12-10(9)4-2/h3-6H,1-2H2. The van der Waals surface area contributed by atoms with Crippen molar-refractivity contribution < 1.29 is 0 Å². The first-order valence-corrected chi connectivity index (χ1v) is 3.47. The van der Waals surface area contributed by atoms with Crippen LogP contribution in [0.15, 0.2) is 25.4 Å². The molecular formula is C10H8N2. The highest BCUT2D eigenvalue weighted by atomic mass is 14.7. The fourth-order valence-electron chi connectivity index (χ4n) is 0.964. The number of pyridine rings is 1. The van der Waals surface area contributed by atoms with Gasteiger partial charge in [0.2, 0.25) is 0 Å². The summed E-state index contributed by atoms with van der Waals surface area (Å²) in [6, 6.07) is 3.72. The van der Waals surface area contributed by atoms with Crippen LogP contribution >= 0.6 is 0 Å².